The zero-order chi connectivity index (χ0) is 14.2. The number of nitrogens with zero attached hydrogens (tertiary/aromatic N) is 2. The minimum atomic E-state index is -0.521. The van der Waals surface area contributed by atoms with Crippen molar-refractivity contribution in [3.8, 4) is 17.2 Å². The Morgan fingerprint density at radius 2 is 1.95 bits per heavy atom. The number of methoxy groups -OCH3 is 1. The molecule has 5 nitrogen and oxygen atoms in total. The molecule has 0 aliphatic rings. The maximum atomic E-state index is 13.5. The number of nitrogen functional groups attached to an aromatic ring is 1. The highest BCUT2D eigenvalue weighted by molar-refractivity contribution is 5.58. The Morgan fingerprint density at radius 1 is 1.26 bits per heavy atom. The Kier molecular flexibility index (Phi) is 3.33. The molecule has 19 heavy (non-hydrogen) atoms. The molecule has 2 aromatic rings. The molecule has 0 unspecified atom stereocenters. The Balaban J connectivity index is 2.43. The number of benzene rings is 1. The van der Waals surface area contributed by atoms with Crippen molar-refractivity contribution in [2.24, 2.45) is 7.05 Å². The third-order valence-corrected chi connectivity index (χ3v) is 2.94. The van der Waals surface area contributed by atoms with Gasteiger partial charge in [-0.3, -0.25) is 4.68 Å². The topological polar surface area (TPSA) is 62.3 Å². The average Bonchev–Trinajstić information content (AvgIpc) is 2.59. The molecule has 1 heterocycles. The molecule has 0 fully saturated rings. The number of aromatic nitrogens is 2. The molecule has 0 saturated carbocycles. The SMILES string of the molecule is COc1cc(Oc2c(C)nn(C)c2C)c(N)cc1F. The number of hydrogen-bond donors (Lipinski definition) is 1. The van der Waals surface area contributed by atoms with Crippen LogP contribution in [0.15, 0.2) is 12.1 Å². The third-order valence-electron chi connectivity index (χ3n) is 2.94. The Morgan fingerprint density at radius 3 is 2.47 bits per heavy atom. The van der Waals surface area contributed by atoms with Crippen LogP contribution < -0.4 is 15.2 Å². The predicted octanol–water partition coefficient (Wildman–Crippen LogP) is 2.56. The number of anilines is 1. The van der Waals surface area contributed by atoms with Gasteiger partial charge in [-0.2, -0.15) is 5.10 Å². The van der Waals surface area contributed by atoms with Gasteiger partial charge in [0.15, 0.2) is 23.1 Å². The lowest BCUT2D eigenvalue weighted by Crippen LogP contribution is -1.97. The van der Waals surface area contributed by atoms with Gasteiger partial charge in [-0.05, 0) is 13.8 Å². The average molecular weight is 265 g/mol. The molecule has 0 spiro atoms. The van der Waals surface area contributed by atoms with E-state index in [1.54, 1.807) is 4.68 Å². The predicted molar refractivity (Wildman–Crippen MR) is 70.1 cm³/mol. The molecule has 0 amide bonds. The number of rotatable bonds is 3. The first-order valence-electron chi connectivity index (χ1n) is 5.75. The maximum Gasteiger partial charge on any atom is 0.171 e. The second-order valence-electron chi connectivity index (χ2n) is 4.25. The molecule has 0 aliphatic carbocycles. The van der Waals surface area contributed by atoms with E-state index in [1.807, 2.05) is 20.9 Å². The van der Waals surface area contributed by atoms with Crippen molar-refractivity contribution in [2.75, 3.05) is 12.8 Å². The Bertz CT molecular complexity index is 623. The van der Waals surface area contributed by atoms with Gasteiger partial charge < -0.3 is 15.2 Å². The molecule has 0 atom stereocenters. The molecule has 2 N–H and O–H groups in total. The summed E-state index contributed by atoms with van der Waals surface area (Å²) in [6.45, 7) is 3.71. The van der Waals surface area contributed by atoms with E-state index in [1.165, 1.54) is 19.2 Å². The molecule has 2 rings (SSSR count). The lowest BCUT2D eigenvalue weighted by molar-refractivity contribution is 0.381. The van der Waals surface area contributed by atoms with Crippen molar-refractivity contribution in [2.45, 2.75) is 13.8 Å². The molecule has 6 heteroatoms. The third kappa shape index (κ3) is 2.33. The van der Waals surface area contributed by atoms with E-state index in [4.69, 9.17) is 15.2 Å². The zero-order valence-electron chi connectivity index (χ0n) is 11.3. The highest BCUT2D eigenvalue weighted by Gasteiger charge is 2.15. The highest BCUT2D eigenvalue weighted by Crippen LogP contribution is 2.35. The van der Waals surface area contributed by atoms with Crippen molar-refractivity contribution < 1.29 is 13.9 Å². The standard InChI is InChI=1S/C13H16FN3O2/c1-7-13(8(2)17(3)16-7)19-12-6-11(18-4)9(14)5-10(12)15/h5-6H,15H2,1-4H3. The van der Waals surface area contributed by atoms with Gasteiger partial charge in [0.1, 0.15) is 5.69 Å². The van der Waals surface area contributed by atoms with Crippen LogP contribution in [0, 0.1) is 19.7 Å². The maximum absolute atomic E-state index is 13.5. The quantitative estimate of drug-likeness (QED) is 0.866. The highest BCUT2D eigenvalue weighted by atomic mass is 19.1. The molecule has 1 aromatic carbocycles. The van der Waals surface area contributed by atoms with Gasteiger partial charge in [0.2, 0.25) is 0 Å². The van der Waals surface area contributed by atoms with E-state index in [2.05, 4.69) is 5.10 Å². The molecular formula is C13H16FN3O2. The van der Waals surface area contributed by atoms with Gasteiger partial charge in [-0.25, -0.2) is 4.39 Å². The molecule has 102 valence electrons. The zero-order valence-corrected chi connectivity index (χ0v) is 11.3. The van der Waals surface area contributed by atoms with Crippen LogP contribution in [0.5, 0.6) is 17.2 Å². The summed E-state index contributed by atoms with van der Waals surface area (Å²) in [5.74, 6) is 0.524. The lowest BCUT2D eigenvalue weighted by atomic mass is 10.2. The van der Waals surface area contributed by atoms with Gasteiger partial charge in [0.25, 0.3) is 0 Å². The summed E-state index contributed by atoms with van der Waals surface area (Å²) in [6.07, 6.45) is 0. The molecule has 0 radical (unpaired) electrons. The number of nitrogens with two attached hydrogens (primary N) is 1. The van der Waals surface area contributed by atoms with Crippen LogP contribution in [-0.4, -0.2) is 16.9 Å². The van der Waals surface area contributed by atoms with Crippen molar-refractivity contribution in [1.82, 2.24) is 9.78 Å². The monoisotopic (exact) mass is 265 g/mol. The smallest absolute Gasteiger partial charge is 0.171 e. The summed E-state index contributed by atoms with van der Waals surface area (Å²) in [7, 11) is 3.21. The summed E-state index contributed by atoms with van der Waals surface area (Å²) in [6, 6.07) is 2.60. The van der Waals surface area contributed by atoms with Crippen LogP contribution in [0.1, 0.15) is 11.4 Å². The second kappa shape index (κ2) is 4.79. The fraction of sp³-hybridized carbons (Fsp3) is 0.308. The van der Waals surface area contributed by atoms with Gasteiger partial charge in [-0.1, -0.05) is 0 Å². The second-order valence-corrected chi connectivity index (χ2v) is 4.25. The first-order valence-corrected chi connectivity index (χ1v) is 5.75. The van der Waals surface area contributed by atoms with Crippen molar-refractivity contribution in [3.05, 3.63) is 29.3 Å². The van der Waals surface area contributed by atoms with Crippen LogP contribution in [0.4, 0.5) is 10.1 Å². The molecular weight excluding hydrogens is 249 g/mol. The first kappa shape index (κ1) is 13.2. The molecule has 0 saturated heterocycles. The number of halogens is 1. The Labute approximate surface area is 110 Å². The number of ether oxygens (including phenoxy) is 2. The van der Waals surface area contributed by atoms with Crippen LogP contribution in [-0.2, 0) is 7.05 Å². The van der Waals surface area contributed by atoms with E-state index in [-0.39, 0.29) is 11.4 Å². The summed E-state index contributed by atoms with van der Waals surface area (Å²) < 4.78 is 25.8. The summed E-state index contributed by atoms with van der Waals surface area (Å²) in [4.78, 5) is 0. The van der Waals surface area contributed by atoms with Crippen LogP contribution in [0.3, 0.4) is 0 Å². The van der Waals surface area contributed by atoms with Crippen LogP contribution >= 0.6 is 0 Å². The van der Waals surface area contributed by atoms with Gasteiger partial charge in [0.05, 0.1) is 18.5 Å². The van der Waals surface area contributed by atoms with E-state index in [0.29, 0.717) is 11.5 Å². The lowest BCUT2D eigenvalue weighted by Gasteiger charge is -2.11. The van der Waals surface area contributed by atoms with Crippen molar-refractivity contribution in [1.29, 1.82) is 0 Å². The van der Waals surface area contributed by atoms with Gasteiger partial charge >= 0.3 is 0 Å². The van der Waals surface area contributed by atoms with Crippen LogP contribution in [0.25, 0.3) is 0 Å². The van der Waals surface area contributed by atoms with Gasteiger partial charge in [-0.15, -0.1) is 0 Å². The van der Waals surface area contributed by atoms with E-state index in [0.717, 1.165) is 11.4 Å². The fourth-order valence-corrected chi connectivity index (χ4v) is 1.81. The van der Waals surface area contributed by atoms with Crippen molar-refractivity contribution in [3.63, 3.8) is 0 Å². The summed E-state index contributed by atoms with van der Waals surface area (Å²) in [5, 5.41) is 4.24. The normalized spacial score (nSPS) is 10.6. The van der Waals surface area contributed by atoms with E-state index in [9.17, 15) is 4.39 Å². The van der Waals surface area contributed by atoms with Crippen LogP contribution in [0.2, 0.25) is 0 Å². The minimum absolute atomic E-state index is 0.0865. The Hall–Kier alpha value is -2.24. The number of hydrogen-bond acceptors (Lipinski definition) is 4. The van der Waals surface area contributed by atoms with E-state index >= 15 is 0 Å². The largest absolute Gasteiger partial charge is 0.494 e. The molecule has 1 aromatic heterocycles. The van der Waals surface area contributed by atoms with Gasteiger partial charge in [0, 0.05) is 19.2 Å². The molecule has 0 aliphatic heterocycles. The van der Waals surface area contributed by atoms with Crippen molar-refractivity contribution >= 4 is 5.69 Å². The van der Waals surface area contributed by atoms with E-state index < -0.39 is 5.82 Å². The number of aryl methyl sites for hydroxylation is 2. The fourth-order valence-electron chi connectivity index (χ4n) is 1.81. The summed E-state index contributed by atoms with van der Waals surface area (Å²) in [5.41, 5.74) is 7.56. The first-order chi connectivity index (χ1) is 8.93. The minimum Gasteiger partial charge on any atom is -0.494 e. The molecule has 0 bridgehead atoms. The summed E-state index contributed by atoms with van der Waals surface area (Å²) >= 11 is 0.